The van der Waals surface area contributed by atoms with Crippen LogP contribution in [0.2, 0.25) is 5.02 Å². The normalized spacial score (nSPS) is 11.6. The number of hydrogen-bond acceptors (Lipinski definition) is 3. The van der Waals surface area contributed by atoms with Gasteiger partial charge in [-0.3, -0.25) is 0 Å². The van der Waals surface area contributed by atoms with Crippen molar-refractivity contribution in [2.24, 2.45) is 0 Å². The van der Waals surface area contributed by atoms with Crippen LogP contribution in [0.15, 0.2) is 30.3 Å². The minimum atomic E-state index is -0.147. The molecule has 4 heteroatoms. The molecule has 0 aliphatic rings. The number of nitrogens with zero attached hydrogens (tertiary/aromatic N) is 2. The fraction of sp³-hybridized carbons (Fsp3) is 0.286. The van der Waals surface area contributed by atoms with E-state index in [-0.39, 0.29) is 5.41 Å². The average molecular weight is 262 g/mol. The SMILES string of the molecule is CC(C)(C)c1nc(N)cc(-c2ccccc2Cl)n1. The predicted octanol–water partition coefficient (Wildman–Crippen LogP) is 3.68. The van der Waals surface area contributed by atoms with Crippen molar-refractivity contribution in [3.63, 3.8) is 0 Å². The Balaban J connectivity index is 2.60. The zero-order chi connectivity index (χ0) is 13.3. The Morgan fingerprint density at radius 2 is 1.78 bits per heavy atom. The first-order valence-electron chi connectivity index (χ1n) is 5.78. The monoisotopic (exact) mass is 261 g/mol. The summed E-state index contributed by atoms with van der Waals surface area (Å²) in [6.45, 7) is 6.16. The molecule has 0 aliphatic carbocycles. The van der Waals surface area contributed by atoms with Gasteiger partial charge in [0.25, 0.3) is 0 Å². The smallest absolute Gasteiger partial charge is 0.136 e. The van der Waals surface area contributed by atoms with Crippen molar-refractivity contribution in [3.8, 4) is 11.3 Å². The molecule has 1 aromatic carbocycles. The minimum Gasteiger partial charge on any atom is -0.384 e. The van der Waals surface area contributed by atoms with Gasteiger partial charge in [-0.1, -0.05) is 50.6 Å². The highest BCUT2D eigenvalue weighted by Crippen LogP contribution is 2.29. The largest absolute Gasteiger partial charge is 0.384 e. The first-order valence-corrected chi connectivity index (χ1v) is 6.15. The molecule has 18 heavy (non-hydrogen) atoms. The molecule has 0 saturated heterocycles. The second-order valence-corrected chi connectivity index (χ2v) is 5.64. The summed E-state index contributed by atoms with van der Waals surface area (Å²) >= 11 is 6.18. The van der Waals surface area contributed by atoms with Gasteiger partial charge in [-0.15, -0.1) is 0 Å². The van der Waals surface area contributed by atoms with Crippen LogP contribution in [0.4, 0.5) is 5.82 Å². The van der Waals surface area contributed by atoms with Crippen LogP contribution < -0.4 is 5.73 Å². The van der Waals surface area contributed by atoms with Crippen LogP contribution in [-0.2, 0) is 5.41 Å². The van der Waals surface area contributed by atoms with Crippen molar-refractivity contribution >= 4 is 17.4 Å². The van der Waals surface area contributed by atoms with Crippen molar-refractivity contribution in [2.45, 2.75) is 26.2 Å². The van der Waals surface area contributed by atoms with Gasteiger partial charge in [0.15, 0.2) is 0 Å². The number of hydrogen-bond donors (Lipinski definition) is 1. The maximum absolute atomic E-state index is 6.18. The van der Waals surface area contributed by atoms with Crippen molar-refractivity contribution in [1.82, 2.24) is 9.97 Å². The van der Waals surface area contributed by atoms with Crippen LogP contribution in [0.25, 0.3) is 11.3 Å². The molecule has 1 aromatic heterocycles. The summed E-state index contributed by atoms with van der Waals surface area (Å²) in [5, 5.41) is 0.662. The Kier molecular flexibility index (Phi) is 3.26. The van der Waals surface area contributed by atoms with Crippen LogP contribution in [0.3, 0.4) is 0 Å². The Hall–Kier alpha value is -1.61. The summed E-state index contributed by atoms with van der Waals surface area (Å²) in [6, 6.07) is 9.33. The van der Waals surface area contributed by atoms with Gasteiger partial charge in [0.05, 0.1) is 5.69 Å². The quantitative estimate of drug-likeness (QED) is 0.852. The fourth-order valence-corrected chi connectivity index (χ4v) is 1.84. The molecule has 0 radical (unpaired) electrons. The zero-order valence-electron chi connectivity index (χ0n) is 10.7. The first kappa shape index (κ1) is 12.8. The van der Waals surface area contributed by atoms with Crippen LogP contribution in [0, 0.1) is 0 Å². The van der Waals surface area contributed by atoms with Gasteiger partial charge in [-0.05, 0) is 6.07 Å². The van der Waals surface area contributed by atoms with Crippen molar-refractivity contribution < 1.29 is 0 Å². The minimum absolute atomic E-state index is 0.147. The number of nitrogens with two attached hydrogens (primary N) is 1. The third kappa shape index (κ3) is 2.62. The molecule has 0 aliphatic heterocycles. The van der Waals surface area contributed by atoms with E-state index in [9.17, 15) is 0 Å². The second-order valence-electron chi connectivity index (χ2n) is 5.23. The van der Waals surface area contributed by atoms with E-state index in [1.807, 2.05) is 24.3 Å². The second kappa shape index (κ2) is 4.58. The van der Waals surface area contributed by atoms with Crippen molar-refractivity contribution in [2.75, 3.05) is 5.73 Å². The summed E-state index contributed by atoms with van der Waals surface area (Å²) < 4.78 is 0. The maximum atomic E-state index is 6.18. The molecular formula is C14H16ClN3. The van der Waals surface area contributed by atoms with Gasteiger partial charge < -0.3 is 5.73 Å². The molecule has 0 saturated carbocycles. The Bertz CT molecular complexity index is 573. The number of halogens is 1. The van der Waals surface area contributed by atoms with Gasteiger partial charge in [0.1, 0.15) is 11.6 Å². The lowest BCUT2D eigenvalue weighted by Crippen LogP contribution is -2.17. The summed E-state index contributed by atoms with van der Waals surface area (Å²) in [5.41, 5.74) is 7.34. The molecule has 0 atom stereocenters. The highest BCUT2D eigenvalue weighted by molar-refractivity contribution is 6.33. The lowest BCUT2D eigenvalue weighted by atomic mass is 9.95. The van der Waals surface area contributed by atoms with E-state index in [1.165, 1.54) is 0 Å². The lowest BCUT2D eigenvalue weighted by molar-refractivity contribution is 0.547. The molecule has 0 spiro atoms. The van der Waals surface area contributed by atoms with Gasteiger partial charge in [0, 0.05) is 22.1 Å². The van der Waals surface area contributed by atoms with Crippen LogP contribution in [-0.4, -0.2) is 9.97 Å². The molecule has 2 N–H and O–H groups in total. The molecule has 0 unspecified atom stereocenters. The predicted molar refractivity (Wildman–Crippen MR) is 75.6 cm³/mol. The van der Waals surface area contributed by atoms with E-state index in [4.69, 9.17) is 17.3 Å². The summed E-state index contributed by atoms with van der Waals surface area (Å²) in [6.07, 6.45) is 0. The standard InChI is InChI=1S/C14H16ClN3/c1-14(2,3)13-17-11(8-12(16)18-13)9-6-4-5-7-10(9)15/h4-8H,1-3H3,(H2,16,17,18). The van der Waals surface area contributed by atoms with Gasteiger partial charge in [-0.25, -0.2) is 9.97 Å². The van der Waals surface area contributed by atoms with Crippen molar-refractivity contribution in [1.29, 1.82) is 0 Å². The average Bonchev–Trinajstić information content (AvgIpc) is 2.27. The first-order chi connectivity index (χ1) is 8.38. The number of aromatic nitrogens is 2. The van der Waals surface area contributed by atoms with Crippen LogP contribution >= 0.6 is 11.6 Å². The molecule has 2 rings (SSSR count). The molecule has 0 fully saturated rings. The number of benzene rings is 1. The summed E-state index contributed by atoms with van der Waals surface area (Å²) in [7, 11) is 0. The van der Waals surface area contributed by atoms with Crippen LogP contribution in [0.1, 0.15) is 26.6 Å². The molecule has 1 heterocycles. The van der Waals surface area contributed by atoms with E-state index < -0.39 is 0 Å². The number of nitrogen functional groups attached to an aromatic ring is 1. The lowest BCUT2D eigenvalue weighted by Gasteiger charge is -2.18. The summed E-state index contributed by atoms with van der Waals surface area (Å²) in [5.74, 6) is 1.18. The maximum Gasteiger partial charge on any atom is 0.136 e. The molecule has 94 valence electrons. The van der Waals surface area contributed by atoms with Gasteiger partial charge in [-0.2, -0.15) is 0 Å². The third-order valence-corrected chi connectivity index (χ3v) is 2.90. The molecule has 3 nitrogen and oxygen atoms in total. The Labute approximate surface area is 112 Å². The summed E-state index contributed by atoms with van der Waals surface area (Å²) in [4.78, 5) is 8.84. The van der Waals surface area contributed by atoms with E-state index in [0.717, 1.165) is 17.1 Å². The molecule has 0 bridgehead atoms. The number of rotatable bonds is 1. The van der Waals surface area contributed by atoms with E-state index in [0.29, 0.717) is 10.8 Å². The van der Waals surface area contributed by atoms with Crippen molar-refractivity contribution in [3.05, 3.63) is 41.2 Å². The van der Waals surface area contributed by atoms with Gasteiger partial charge in [0.2, 0.25) is 0 Å². The topological polar surface area (TPSA) is 51.8 Å². The Morgan fingerprint density at radius 1 is 1.11 bits per heavy atom. The highest BCUT2D eigenvalue weighted by atomic mass is 35.5. The number of anilines is 1. The highest BCUT2D eigenvalue weighted by Gasteiger charge is 2.19. The third-order valence-electron chi connectivity index (χ3n) is 2.57. The molecule has 0 amide bonds. The van der Waals surface area contributed by atoms with E-state index in [2.05, 4.69) is 30.7 Å². The van der Waals surface area contributed by atoms with Gasteiger partial charge >= 0.3 is 0 Å². The molecule has 2 aromatic rings. The molecular weight excluding hydrogens is 246 g/mol. The van der Waals surface area contributed by atoms with E-state index >= 15 is 0 Å². The fourth-order valence-electron chi connectivity index (χ4n) is 1.61. The zero-order valence-corrected chi connectivity index (χ0v) is 11.5. The van der Waals surface area contributed by atoms with Crippen LogP contribution in [0.5, 0.6) is 0 Å². The Morgan fingerprint density at radius 3 is 2.39 bits per heavy atom. The van der Waals surface area contributed by atoms with E-state index in [1.54, 1.807) is 6.07 Å².